The van der Waals surface area contributed by atoms with E-state index in [1.165, 1.54) is 41.4 Å². The Balaban J connectivity index is 1.48. The number of rotatable bonds is 11. The molecule has 3 aliphatic heterocycles. The topological polar surface area (TPSA) is 140 Å². The lowest BCUT2D eigenvalue weighted by Crippen LogP contribution is -2.62. The van der Waals surface area contributed by atoms with E-state index in [0.717, 1.165) is 36.8 Å². The zero-order valence-electron chi connectivity index (χ0n) is 30.3. The monoisotopic (exact) mass is 729 g/mol. The highest BCUT2D eigenvalue weighted by Crippen LogP contribution is 2.53. The molecule has 3 aliphatic rings. The maximum absolute atomic E-state index is 15.5. The second kappa shape index (κ2) is 15.5. The van der Waals surface area contributed by atoms with Gasteiger partial charge >= 0.3 is 6.03 Å². The highest BCUT2D eigenvalue weighted by molar-refractivity contribution is 7.93. The van der Waals surface area contributed by atoms with Crippen LogP contribution in [-0.4, -0.2) is 117 Å². The number of urea groups is 1. The Bertz CT molecular complexity index is 1940. The molecular weight excluding hydrogens is 683 g/mol. The van der Waals surface area contributed by atoms with Crippen LogP contribution in [0.2, 0.25) is 0 Å². The SMILES string of the molecule is CCOc1ccccc1S(=O)(=O)N1C(=O)C(c2cccnc2OCC)(N(CC)C(=O)N2CCN(C3CCN(CC)CC3)CC2)c2cc(C#N)ccc21. The number of para-hydroxylation sites is 1. The fraction of sp³-hybridized carbons (Fsp3) is 0.474. The van der Waals surface area contributed by atoms with Gasteiger partial charge in [0.05, 0.1) is 36.1 Å². The Morgan fingerprint density at radius 3 is 2.31 bits per heavy atom. The van der Waals surface area contributed by atoms with Crippen LogP contribution < -0.4 is 13.8 Å². The maximum Gasteiger partial charge on any atom is 0.321 e. The number of anilines is 1. The van der Waals surface area contributed by atoms with Gasteiger partial charge in [-0.3, -0.25) is 9.69 Å². The van der Waals surface area contributed by atoms with Crippen LogP contribution in [0.3, 0.4) is 0 Å². The van der Waals surface area contributed by atoms with Gasteiger partial charge in [0, 0.05) is 50.5 Å². The second-order valence-corrected chi connectivity index (χ2v) is 14.8. The highest BCUT2D eigenvalue weighted by Gasteiger charge is 2.62. The fourth-order valence-corrected chi connectivity index (χ4v) is 9.47. The molecule has 0 N–H and O–H groups in total. The molecule has 0 aliphatic carbocycles. The summed E-state index contributed by atoms with van der Waals surface area (Å²) in [6.45, 7) is 13.3. The molecule has 0 bridgehead atoms. The van der Waals surface area contributed by atoms with E-state index in [4.69, 9.17) is 9.47 Å². The number of amides is 3. The molecule has 0 radical (unpaired) electrons. The minimum atomic E-state index is -4.64. The van der Waals surface area contributed by atoms with E-state index in [2.05, 4.69) is 27.8 Å². The van der Waals surface area contributed by atoms with Crippen molar-refractivity contribution in [3.63, 3.8) is 0 Å². The number of fused-ring (bicyclic) bond motifs is 1. The number of pyridine rings is 1. The predicted molar refractivity (Wildman–Crippen MR) is 196 cm³/mol. The van der Waals surface area contributed by atoms with Gasteiger partial charge in [0.2, 0.25) is 5.88 Å². The van der Waals surface area contributed by atoms with Crippen LogP contribution in [0.15, 0.2) is 65.7 Å². The summed E-state index contributed by atoms with van der Waals surface area (Å²) in [6, 6.07) is 16.0. The molecule has 3 amide bonds. The van der Waals surface area contributed by atoms with Crippen molar-refractivity contribution < 1.29 is 27.5 Å². The molecule has 4 heterocycles. The van der Waals surface area contributed by atoms with E-state index in [1.54, 1.807) is 49.9 Å². The number of hydrogen-bond donors (Lipinski definition) is 0. The number of sulfonamides is 1. The molecule has 2 fully saturated rings. The number of likely N-dealkylation sites (N-methyl/N-ethyl adjacent to an activating group) is 1. The number of ether oxygens (including phenoxy) is 2. The summed E-state index contributed by atoms with van der Waals surface area (Å²) in [7, 11) is -4.64. The third-order valence-electron chi connectivity index (χ3n) is 10.4. The molecule has 52 heavy (non-hydrogen) atoms. The summed E-state index contributed by atoms with van der Waals surface area (Å²) < 4.78 is 42.0. The molecule has 13 nitrogen and oxygen atoms in total. The molecule has 1 aromatic heterocycles. The molecule has 2 aromatic carbocycles. The van der Waals surface area contributed by atoms with Gasteiger partial charge in [-0.1, -0.05) is 19.1 Å². The van der Waals surface area contributed by atoms with Gasteiger partial charge in [0.1, 0.15) is 10.6 Å². The number of likely N-dealkylation sites (tertiary alicyclic amines) is 1. The van der Waals surface area contributed by atoms with Crippen LogP contribution >= 0.6 is 0 Å². The van der Waals surface area contributed by atoms with Crippen molar-refractivity contribution >= 4 is 27.6 Å². The van der Waals surface area contributed by atoms with Gasteiger partial charge in [-0.05, 0) is 95.7 Å². The lowest BCUT2D eigenvalue weighted by atomic mass is 9.81. The Kier molecular flexibility index (Phi) is 11.0. The Hall–Kier alpha value is -4.71. The number of piperidine rings is 1. The third kappa shape index (κ3) is 6.35. The summed E-state index contributed by atoms with van der Waals surface area (Å²) in [5.74, 6) is -0.743. The molecule has 1 atom stereocenters. The van der Waals surface area contributed by atoms with Crippen molar-refractivity contribution in [1.29, 1.82) is 5.26 Å². The molecule has 276 valence electrons. The van der Waals surface area contributed by atoms with Crippen molar-refractivity contribution in [2.24, 2.45) is 0 Å². The average molecular weight is 730 g/mol. The predicted octanol–water partition coefficient (Wildman–Crippen LogP) is 4.27. The zero-order chi connectivity index (χ0) is 37.0. The Labute approximate surface area is 306 Å². The summed E-state index contributed by atoms with van der Waals surface area (Å²) in [6.07, 6.45) is 3.68. The molecule has 14 heteroatoms. The number of hydrogen-bond acceptors (Lipinski definition) is 10. The van der Waals surface area contributed by atoms with E-state index >= 15 is 4.79 Å². The number of piperazine rings is 1. The van der Waals surface area contributed by atoms with Crippen LogP contribution in [-0.2, 0) is 20.4 Å². The first-order valence-electron chi connectivity index (χ1n) is 18.1. The standard InChI is InChI=1S/C38H47N7O6S/c1-5-41-20-17-29(18-21-41)42-22-24-43(25-23-42)37(47)44(6-2)38(30-12-11-19-40-35(30)51-8-4)31-26-28(27-39)15-16-32(31)45(36(38)46)52(48,49)34-14-10-9-13-33(34)50-7-3/h9-16,19,26,29H,5-8,17-18,20-25H2,1-4H3. The Morgan fingerprint density at radius 2 is 1.65 bits per heavy atom. The largest absolute Gasteiger partial charge is 0.492 e. The van der Waals surface area contributed by atoms with E-state index in [-0.39, 0.29) is 58.7 Å². The minimum absolute atomic E-state index is 0.0242. The number of aromatic nitrogens is 1. The number of nitriles is 1. The second-order valence-electron chi connectivity index (χ2n) is 13.0. The van der Waals surface area contributed by atoms with Gasteiger partial charge in [0.15, 0.2) is 5.54 Å². The van der Waals surface area contributed by atoms with Crippen molar-refractivity contribution in [1.82, 2.24) is 24.6 Å². The van der Waals surface area contributed by atoms with Crippen molar-refractivity contribution in [3.8, 4) is 17.7 Å². The van der Waals surface area contributed by atoms with Crippen LogP contribution in [0.1, 0.15) is 57.2 Å². The van der Waals surface area contributed by atoms with Gasteiger partial charge in [-0.2, -0.15) is 9.57 Å². The first-order chi connectivity index (χ1) is 25.2. The highest BCUT2D eigenvalue weighted by atomic mass is 32.2. The van der Waals surface area contributed by atoms with E-state index in [1.807, 2.05) is 0 Å². The molecule has 0 saturated carbocycles. The molecule has 2 saturated heterocycles. The molecule has 6 rings (SSSR count). The van der Waals surface area contributed by atoms with Crippen molar-refractivity contribution in [3.05, 3.63) is 77.5 Å². The fourth-order valence-electron chi connectivity index (χ4n) is 7.87. The average Bonchev–Trinajstić information content (AvgIpc) is 3.43. The number of carbonyl (C=O) groups excluding carboxylic acids is 2. The molecular formula is C38H47N7O6S. The molecule has 0 spiro atoms. The van der Waals surface area contributed by atoms with E-state index < -0.39 is 27.5 Å². The lowest BCUT2D eigenvalue weighted by Gasteiger charge is -2.46. The summed E-state index contributed by atoms with van der Waals surface area (Å²) in [5.41, 5.74) is -1.48. The smallest absolute Gasteiger partial charge is 0.321 e. The number of carbonyl (C=O) groups is 2. The first kappa shape index (κ1) is 37.1. The molecule has 3 aromatic rings. The van der Waals surface area contributed by atoms with Crippen molar-refractivity contribution in [2.45, 2.75) is 57.0 Å². The van der Waals surface area contributed by atoms with Crippen molar-refractivity contribution in [2.75, 3.05) is 69.9 Å². The third-order valence-corrected chi connectivity index (χ3v) is 12.1. The summed E-state index contributed by atoms with van der Waals surface area (Å²) >= 11 is 0. The van der Waals surface area contributed by atoms with Gasteiger partial charge in [-0.15, -0.1) is 0 Å². The Morgan fingerprint density at radius 1 is 0.942 bits per heavy atom. The van der Waals surface area contributed by atoms with Crippen LogP contribution in [0.25, 0.3) is 0 Å². The molecule has 1 unspecified atom stereocenters. The summed E-state index contributed by atoms with van der Waals surface area (Å²) in [4.78, 5) is 42.8. The van der Waals surface area contributed by atoms with Crippen LogP contribution in [0.4, 0.5) is 10.5 Å². The maximum atomic E-state index is 15.5. The normalized spacial score (nSPS) is 20.0. The summed E-state index contributed by atoms with van der Waals surface area (Å²) in [5, 5.41) is 10.1. The van der Waals surface area contributed by atoms with Gasteiger partial charge < -0.3 is 24.2 Å². The van der Waals surface area contributed by atoms with Gasteiger partial charge in [-0.25, -0.2) is 18.2 Å². The number of nitrogens with zero attached hydrogens (tertiary/aromatic N) is 7. The van der Waals surface area contributed by atoms with E-state index in [9.17, 15) is 18.5 Å². The quantitative estimate of drug-likeness (QED) is 0.281. The lowest BCUT2D eigenvalue weighted by molar-refractivity contribution is -0.125. The van der Waals surface area contributed by atoms with Crippen LogP contribution in [0.5, 0.6) is 11.6 Å². The number of benzene rings is 2. The first-order valence-corrected chi connectivity index (χ1v) is 19.6. The van der Waals surface area contributed by atoms with Gasteiger partial charge in [0.25, 0.3) is 15.9 Å². The van der Waals surface area contributed by atoms with E-state index in [0.29, 0.717) is 32.2 Å². The minimum Gasteiger partial charge on any atom is -0.492 e. The zero-order valence-corrected chi connectivity index (χ0v) is 31.1. The van der Waals surface area contributed by atoms with Crippen LogP contribution in [0, 0.1) is 11.3 Å².